The Labute approximate surface area is 137 Å². The third-order valence-electron chi connectivity index (χ3n) is 4.38. The zero-order valence-corrected chi connectivity index (χ0v) is 14.1. The highest BCUT2D eigenvalue weighted by Gasteiger charge is 2.34. The molecule has 0 atom stereocenters. The highest BCUT2D eigenvalue weighted by molar-refractivity contribution is 7.20. The van der Waals surface area contributed by atoms with Crippen LogP contribution < -0.4 is 5.32 Å². The summed E-state index contributed by atoms with van der Waals surface area (Å²) in [6, 6.07) is 0.143. The van der Waals surface area contributed by atoms with Crippen LogP contribution in [0.5, 0.6) is 0 Å². The quantitative estimate of drug-likeness (QED) is 0.932. The molecule has 1 aliphatic heterocycles. The van der Waals surface area contributed by atoms with Gasteiger partial charge in [-0.3, -0.25) is 4.79 Å². The first-order chi connectivity index (χ1) is 10.6. The minimum Gasteiger partial charge on any atom is -0.377 e. The van der Waals surface area contributed by atoms with Crippen molar-refractivity contribution in [3.63, 3.8) is 0 Å². The predicted octanol–water partition coefficient (Wildman–Crippen LogP) is 3.57. The normalized spacial score (nSPS) is 18.5. The third-order valence-corrected chi connectivity index (χ3v) is 6.04. The Morgan fingerprint density at radius 2 is 2.09 bits per heavy atom. The van der Waals surface area contributed by atoms with Crippen LogP contribution in [0.2, 0.25) is 5.02 Å². The number of nitrogens with one attached hydrogen (secondary N) is 1. The first kappa shape index (κ1) is 14.4. The second-order valence-corrected chi connectivity index (χ2v) is 7.52. The lowest BCUT2D eigenvalue weighted by atomic mass is 10.0. The minimum absolute atomic E-state index is 0.00590. The van der Waals surface area contributed by atoms with Gasteiger partial charge in [0.05, 0.1) is 34.8 Å². The van der Waals surface area contributed by atoms with Gasteiger partial charge in [-0.05, 0) is 43.7 Å². The summed E-state index contributed by atoms with van der Waals surface area (Å²) in [6.07, 6.45) is 2.28. The largest absolute Gasteiger partial charge is 0.377 e. The number of thiophene rings is 1. The van der Waals surface area contributed by atoms with Gasteiger partial charge in [-0.25, -0.2) is 4.98 Å². The highest BCUT2D eigenvalue weighted by atomic mass is 35.5. The minimum atomic E-state index is 0.00590. The van der Waals surface area contributed by atoms with E-state index in [9.17, 15) is 4.79 Å². The number of amides is 1. The number of aromatic nitrogens is 1. The number of rotatable bonds is 3. The molecule has 2 aromatic heterocycles. The standard InChI is InChI=1S/C16H17ClN2O2S/c1-7-11-12(9-3-4-9)14(15(20)19-10-5-21-6-10)22-16(11)18-8(2)13(7)17/h9-10H,3-6H2,1-2H3,(H,19,20). The van der Waals surface area contributed by atoms with Gasteiger partial charge in [0.1, 0.15) is 4.83 Å². The van der Waals surface area contributed by atoms with Gasteiger partial charge in [-0.1, -0.05) is 11.6 Å². The monoisotopic (exact) mass is 336 g/mol. The molecule has 1 aliphatic carbocycles. The fourth-order valence-corrected chi connectivity index (χ4v) is 4.36. The van der Waals surface area contributed by atoms with Gasteiger partial charge in [-0.15, -0.1) is 11.3 Å². The zero-order valence-electron chi connectivity index (χ0n) is 12.5. The molecule has 1 saturated heterocycles. The number of carbonyl (C=O) groups excluding carboxylic acids is 1. The van der Waals surface area contributed by atoms with E-state index in [0.717, 1.165) is 44.8 Å². The smallest absolute Gasteiger partial charge is 0.262 e. The maximum absolute atomic E-state index is 12.6. The van der Waals surface area contributed by atoms with E-state index < -0.39 is 0 Å². The second kappa shape index (κ2) is 5.18. The van der Waals surface area contributed by atoms with Crippen LogP contribution in [0.1, 0.15) is 45.3 Å². The zero-order chi connectivity index (χ0) is 15.4. The average molecular weight is 337 g/mol. The number of ether oxygens (including phenoxy) is 1. The van der Waals surface area contributed by atoms with Crippen LogP contribution in [0.4, 0.5) is 0 Å². The first-order valence-corrected chi connectivity index (χ1v) is 8.73. The highest BCUT2D eigenvalue weighted by Crippen LogP contribution is 2.49. The number of halogens is 1. The third kappa shape index (κ3) is 2.23. The lowest BCUT2D eigenvalue weighted by molar-refractivity contribution is -0.00340. The Kier molecular flexibility index (Phi) is 3.40. The van der Waals surface area contributed by atoms with E-state index in [1.807, 2.05) is 13.8 Å². The molecule has 0 bridgehead atoms. The van der Waals surface area contributed by atoms with Crippen molar-refractivity contribution >= 4 is 39.1 Å². The van der Waals surface area contributed by atoms with Crippen LogP contribution in [-0.4, -0.2) is 30.1 Å². The number of aryl methyl sites for hydroxylation is 2. The molecule has 6 heteroatoms. The number of fused-ring (bicyclic) bond motifs is 1. The van der Waals surface area contributed by atoms with Crippen molar-refractivity contribution in [2.45, 2.75) is 38.6 Å². The van der Waals surface area contributed by atoms with Crippen LogP contribution in [0.25, 0.3) is 10.2 Å². The second-order valence-electron chi connectivity index (χ2n) is 6.14. The van der Waals surface area contributed by atoms with Gasteiger partial charge in [0.25, 0.3) is 5.91 Å². The van der Waals surface area contributed by atoms with Gasteiger partial charge >= 0.3 is 0 Å². The molecule has 1 amide bonds. The molecule has 4 nitrogen and oxygen atoms in total. The van der Waals surface area contributed by atoms with Gasteiger partial charge in [-0.2, -0.15) is 0 Å². The Balaban J connectivity index is 1.85. The Morgan fingerprint density at radius 1 is 1.36 bits per heavy atom. The Hall–Kier alpha value is -1.17. The summed E-state index contributed by atoms with van der Waals surface area (Å²) in [6.45, 7) is 5.16. The topological polar surface area (TPSA) is 51.2 Å². The molecular weight excluding hydrogens is 320 g/mol. The molecule has 0 radical (unpaired) electrons. The molecule has 1 saturated carbocycles. The van der Waals surface area contributed by atoms with Crippen molar-refractivity contribution in [3.8, 4) is 0 Å². The van der Waals surface area contributed by atoms with E-state index in [1.165, 1.54) is 11.3 Å². The Morgan fingerprint density at radius 3 is 2.68 bits per heavy atom. The molecule has 0 unspecified atom stereocenters. The SMILES string of the molecule is Cc1nc2sc(C(=O)NC3COC3)c(C3CC3)c2c(C)c1Cl. The molecule has 1 N–H and O–H groups in total. The van der Waals surface area contributed by atoms with E-state index in [4.69, 9.17) is 16.3 Å². The molecule has 22 heavy (non-hydrogen) atoms. The molecule has 2 aliphatic rings. The molecule has 116 valence electrons. The van der Waals surface area contributed by atoms with Gasteiger partial charge < -0.3 is 10.1 Å². The van der Waals surface area contributed by atoms with Gasteiger partial charge in [0.2, 0.25) is 0 Å². The Bertz CT molecular complexity index is 778. The van der Waals surface area contributed by atoms with E-state index >= 15 is 0 Å². The van der Waals surface area contributed by atoms with Crippen molar-refractivity contribution < 1.29 is 9.53 Å². The molecule has 0 aromatic carbocycles. The average Bonchev–Trinajstić information content (AvgIpc) is 3.21. The number of carbonyl (C=O) groups is 1. The van der Waals surface area contributed by atoms with E-state index in [1.54, 1.807) is 0 Å². The van der Waals surface area contributed by atoms with Crippen LogP contribution in [0.3, 0.4) is 0 Å². The number of hydrogen-bond donors (Lipinski definition) is 1. The molecule has 2 aromatic rings. The van der Waals surface area contributed by atoms with E-state index in [2.05, 4.69) is 10.3 Å². The summed E-state index contributed by atoms with van der Waals surface area (Å²) >= 11 is 7.87. The fourth-order valence-electron chi connectivity index (χ4n) is 2.96. The summed E-state index contributed by atoms with van der Waals surface area (Å²) < 4.78 is 5.13. The first-order valence-electron chi connectivity index (χ1n) is 7.54. The predicted molar refractivity (Wildman–Crippen MR) is 88.2 cm³/mol. The maximum atomic E-state index is 12.6. The van der Waals surface area contributed by atoms with Crippen molar-refractivity contribution in [1.82, 2.24) is 10.3 Å². The van der Waals surface area contributed by atoms with Crippen LogP contribution >= 0.6 is 22.9 Å². The number of hydrogen-bond acceptors (Lipinski definition) is 4. The fraction of sp³-hybridized carbons (Fsp3) is 0.500. The summed E-state index contributed by atoms with van der Waals surface area (Å²) in [5.41, 5.74) is 3.03. The summed E-state index contributed by atoms with van der Waals surface area (Å²) in [5, 5.41) is 4.86. The van der Waals surface area contributed by atoms with Crippen LogP contribution in [0.15, 0.2) is 0 Å². The molecule has 3 heterocycles. The molecule has 0 spiro atoms. The number of pyridine rings is 1. The maximum Gasteiger partial charge on any atom is 0.262 e. The molecular formula is C16H17ClN2O2S. The lowest BCUT2D eigenvalue weighted by Gasteiger charge is -2.26. The molecule has 2 fully saturated rings. The lowest BCUT2D eigenvalue weighted by Crippen LogP contribution is -2.48. The number of nitrogens with zero attached hydrogens (tertiary/aromatic N) is 1. The van der Waals surface area contributed by atoms with Crippen LogP contribution in [0, 0.1) is 13.8 Å². The van der Waals surface area contributed by atoms with Gasteiger partial charge in [0, 0.05) is 5.39 Å². The summed E-state index contributed by atoms with van der Waals surface area (Å²) in [4.78, 5) is 19.0. The van der Waals surface area contributed by atoms with Crippen molar-refractivity contribution in [2.24, 2.45) is 0 Å². The van der Waals surface area contributed by atoms with Crippen molar-refractivity contribution in [2.75, 3.05) is 13.2 Å². The van der Waals surface area contributed by atoms with Crippen LogP contribution in [-0.2, 0) is 4.74 Å². The van der Waals surface area contributed by atoms with Crippen molar-refractivity contribution in [1.29, 1.82) is 0 Å². The van der Waals surface area contributed by atoms with E-state index in [0.29, 0.717) is 24.2 Å². The van der Waals surface area contributed by atoms with Crippen molar-refractivity contribution in [3.05, 3.63) is 26.7 Å². The van der Waals surface area contributed by atoms with Gasteiger partial charge in [0.15, 0.2) is 0 Å². The summed E-state index contributed by atoms with van der Waals surface area (Å²) in [5.74, 6) is 0.484. The summed E-state index contributed by atoms with van der Waals surface area (Å²) in [7, 11) is 0. The van der Waals surface area contributed by atoms with E-state index in [-0.39, 0.29) is 11.9 Å². The molecule has 4 rings (SSSR count).